The van der Waals surface area contributed by atoms with E-state index in [1.165, 1.54) is 27.7 Å². The number of benzene rings is 2. The monoisotopic (exact) mass is 280 g/mol. The summed E-state index contributed by atoms with van der Waals surface area (Å²) >= 11 is 0. The predicted molar refractivity (Wildman–Crippen MR) is 87.6 cm³/mol. The van der Waals surface area contributed by atoms with Crippen LogP contribution in [0.15, 0.2) is 54.7 Å². The molecule has 3 heteroatoms. The molecule has 0 bridgehead atoms. The average Bonchev–Trinajstić information content (AvgIpc) is 2.99. The number of methoxy groups -OCH3 is 1. The van der Waals surface area contributed by atoms with E-state index in [1.807, 2.05) is 6.20 Å². The second-order valence-electron chi connectivity index (χ2n) is 5.15. The van der Waals surface area contributed by atoms with Crippen LogP contribution in [-0.4, -0.2) is 18.7 Å². The Hall–Kier alpha value is -2.26. The first kappa shape index (κ1) is 13.7. The lowest BCUT2D eigenvalue weighted by Gasteiger charge is -2.12. The van der Waals surface area contributed by atoms with Crippen LogP contribution in [0.3, 0.4) is 0 Å². The zero-order chi connectivity index (χ0) is 14.5. The topological polar surface area (TPSA) is 37.0 Å². The predicted octanol–water partition coefficient (Wildman–Crippen LogP) is 3.97. The van der Waals surface area contributed by atoms with Gasteiger partial charge in [-0.15, -0.1) is 0 Å². The molecule has 0 aliphatic rings. The third-order valence-corrected chi connectivity index (χ3v) is 3.70. The summed E-state index contributed by atoms with van der Waals surface area (Å²) in [5.41, 5.74) is 4.93. The first-order valence-electron chi connectivity index (χ1n) is 7.23. The smallest absolute Gasteiger partial charge is 0.0503 e. The summed E-state index contributed by atoms with van der Waals surface area (Å²) in [6.45, 7) is 1.56. The summed E-state index contributed by atoms with van der Waals surface area (Å²) < 4.78 is 5.17. The number of hydrogen-bond donors (Lipinski definition) is 2. The molecule has 3 aromatic rings. The SMILES string of the molecule is COCCc1ccccc1NCc1ccc2cc[nH]c2c1. The van der Waals surface area contributed by atoms with Crippen LogP contribution in [0.25, 0.3) is 10.9 Å². The summed E-state index contributed by atoms with van der Waals surface area (Å²) in [6, 6.07) is 17.0. The summed E-state index contributed by atoms with van der Waals surface area (Å²) in [4.78, 5) is 3.25. The number of ether oxygens (including phenoxy) is 1. The molecule has 0 aliphatic heterocycles. The quantitative estimate of drug-likeness (QED) is 0.717. The van der Waals surface area contributed by atoms with Crippen LogP contribution in [-0.2, 0) is 17.7 Å². The first-order chi connectivity index (χ1) is 10.4. The molecular formula is C18H20N2O. The van der Waals surface area contributed by atoms with E-state index in [9.17, 15) is 0 Å². The average molecular weight is 280 g/mol. The highest BCUT2D eigenvalue weighted by Gasteiger charge is 2.02. The molecule has 3 nitrogen and oxygen atoms in total. The summed E-state index contributed by atoms with van der Waals surface area (Å²) in [6.07, 6.45) is 2.90. The molecule has 0 atom stereocenters. The van der Waals surface area contributed by atoms with Crippen LogP contribution >= 0.6 is 0 Å². The molecule has 21 heavy (non-hydrogen) atoms. The van der Waals surface area contributed by atoms with Crippen LogP contribution in [0.5, 0.6) is 0 Å². The highest BCUT2D eigenvalue weighted by atomic mass is 16.5. The molecule has 0 amide bonds. The molecule has 1 aromatic heterocycles. The van der Waals surface area contributed by atoms with Gasteiger partial charge in [-0.2, -0.15) is 0 Å². The molecule has 0 spiro atoms. The largest absolute Gasteiger partial charge is 0.384 e. The van der Waals surface area contributed by atoms with Gasteiger partial charge in [0, 0.05) is 31.1 Å². The Labute approximate surface area is 125 Å². The van der Waals surface area contributed by atoms with Crippen molar-refractivity contribution >= 4 is 16.6 Å². The minimum atomic E-state index is 0.743. The molecule has 0 fully saturated rings. The third kappa shape index (κ3) is 3.26. The van der Waals surface area contributed by atoms with Crippen molar-refractivity contribution < 1.29 is 4.74 Å². The first-order valence-corrected chi connectivity index (χ1v) is 7.23. The van der Waals surface area contributed by atoms with Crippen molar-refractivity contribution in [1.82, 2.24) is 4.98 Å². The number of aromatic amines is 1. The molecule has 0 aliphatic carbocycles. The Morgan fingerprint density at radius 1 is 1.10 bits per heavy atom. The Kier molecular flexibility index (Phi) is 4.22. The normalized spacial score (nSPS) is 10.9. The zero-order valence-electron chi connectivity index (χ0n) is 12.2. The minimum Gasteiger partial charge on any atom is -0.384 e. The van der Waals surface area contributed by atoms with E-state index in [2.05, 4.69) is 58.8 Å². The molecule has 3 rings (SSSR count). The van der Waals surface area contributed by atoms with Crippen molar-refractivity contribution in [3.05, 3.63) is 65.9 Å². The number of anilines is 1. The third-order valence-electron chi connectivity index (χ3n) is 3.70. The summed E-state index contributed by atoms with van der Waals surface area (Å²) in [5, 5.41) is 4.78. The molecule has 2 N–H and O–H groups in total. The second kappa shape index (κ2) is 6.46. The lowest BCUT2D eigenvalue weighted by Crippen LogP contribution is -2.04. The van der Waals surface area contributed by atoms with Gasteiger partial charge in [-0.3, -0.25) is 0 Å². The van der Waals surface area contributed by atoms with E-state index >= 15 is 0 Å². The number of para-hydroxylation sites is 1. The Morgan fingerprint density at radius 3 is 2.90 bits per heavy atom. The van der Waals surface area contributed by atoms with Crippen molar-refractivity contribution in [2.45, 2.75) is 13.0 Å². The fourth-order valence-corrected chi connectivity index (χ4v) is 2.53. The van der Waals surface area contributed by atoms with E-state index < -0.39 is 0 Å². The lowest BCUT2D eigenvalue weighted by atomic mass is 10.1. The maximum absolute atomic E-state index is 5.17. The molecule has 1 heterocycles. The molecule has 0 saturated carbocycles. The van der Waals surface area contributed by atoms with Crippen molar-refractivity contribution in [1.29, 1.82) is 0 Å². The molecule has 2 aromatic carbocycles. The number of fused-ring (bicyclic) bond motifs is 1. The molecule has 108 valence electrons. The zero-order valence-corrected chi connectivity index (χ0v) is 12.2. The molecule has 0 radical (unpaired) electrons. The number of rotatable bonds is 6. The van der Waals surface area contributed by atoms with Gasteiger partial charge in [0.05, 0.1) is 6.61 Å². The van der Waals surface area contributed by atoms with Crippen LogP contribution in [0.4, 0.5) is 5.69 Å². The summed E-state index contributed by atoms with van der Waals surface area (Å²) in [7, 11) is 1.74. The van der Waals surface area contributed by atoms with Gasteiger partial charge in [0.1, 0.15) is 0 Å². The van der Waals surface area contributed by atoms with E-state index in [0.29, 0.717) is 0 Å². The Balaban J connectivity index is 1.71. The van der Waals surface area contributed by atoms with Crippen LogP contribution in [0.1, 0.15) is 11.1 Å². The fourth-order valence-electron chi connectivity index (χ4n) is 2.53. The van der Waals surface area contributed by atoms with Gasteiger partial charge >= 0.3 is 0 Å². The minimum absolute atomic E-state index is 0.743. The van der Waals surface area contributed by atoms with E-state index in [0.717, 1.165) is 19.6 Å². The van der Waals surface area contributed by atoms with E-state index in [1.54, 1.807) is 7.11 Å². The lowest BCUT2D eigenvalue weighted by molar-refractivity contribution is 0.202. The molecule has 0 saturated heterocycles. The number of hydrogen-bond acceptors (Lipinski definition) is 2. The maximum Gasteiger partial charge on any atom is 0.0503 e. The van der Waals surface area contributed by atoms with Gasteiger partial charge in [-0.1, -0.05) is 30.3 Å². The van der Waals surface area contributed by atoms with E-state index in [4.69, 9.17) is 4.74 Å². The van der Waals surface area contributed by atoms with Gasteiger partial charge < -0.3 is 15.0 Å². The van der Waals surface area contributed by atoms with Crippen LogP contribution < -0.4 is 5.32 Å². The molecular weight excluding hydrogens is 260 g/mol. The standard InChI is InChI=1S/C18H20N2O/c1-21-11-9-15-4-2-3-5-17(15)20-13-14-6-7-16-8-10-19-18(16)12-14/h2-8,10,12,19-20H,9,11,13H2,1H3. The second-order valence-corrected chi connectivity index (χ2v) is 5.15. The van der Waals surface area contributed by atoms with Gasteiger partial charge in [-0.25, -0.2) is 0 Å². The van der Waals surface area contributed by atoms with Crippen LogP contribution in [0.2, 0.25) is 0 Å². The van der Waals surface area contributed by atoms with Gasteiger partial charge in [0.2, 0.25) is 0 Å². The number of aromatic nitrogens is 1. The Morgan fingerprint density at radius 2 is 2.00 bits per heavy atom. The van der Waals surface area contributed by atoms with Crippen LogP contribution in [0, 0.1) is 0 Å². The highest BCUT2D eigenvalue weighted by Crippen LogP contribution is 2.19. The maximum atomic E-state index is 5.17. The number of H-pyrrole nitrogens is 1. The fraction of sp³-hybridized carbons (Fsp3) is 0.222. The van der Waals surface area contributed by atoms with Gasteiger partial charge in [0.15, 0.2) is 0 Å². The van der Waals surface area contributed by atoms with Gasteiger partial charge in [0.25, 0.3) is 0 Å². The molecule has 0 unspecified atom stereocenters. The summed E-state index contributed by atoms with van der Waals surface area (Å²) in [5.74, 6) is 0. The number of nitrogens with one attached hydrogen (secondary N) is 2. The van der Waals surface area contributed by atoms with Crippen molar-refractivity contribution in [3.63, 3.8) is 0 Å². The Bertz CT molecular complexity index is 718. The van der Waals surface area contributed by atoms with E-state index in [-0.39, 0.29) is 0 Å². The highest BCUT2D eigenvalue weighted by molar-refractivity contribution is 5.79. The van der Waals surface area contributed by atoms with Gasteiger partial charge in [-0.05, 0) is 41.1 Å². The van der Waals surface area contributed by atoms with Crippen molar-refractivity contribution in [3.8, 4) is 0 Å². The van der Waals surface area contributed by atoms with Crippen molar-refractivity contribution in [2.24, 2.45) is 0 Å². The van der Waals surface area contributed by atoms with Crippen molar-refractivity contribution in [2.75, 3.05) is 19.0 Å².